The Morgan fingerprint density at radius 3 is 2.48 bits per heavy atom. The van der Waals surface area contributed by atoms with Gasteiger partial charge in [-0.15, -0.1) is 0 Å². The highest BCUT2D eigenvalue weighted by Crippen LogP contribution is 2.28. The molecule has 4 rings (SSSR count). The van der Waals surface area contributed by atoms with E-state index >= 15 is 0 Å². The largest absolute Gasteiger partial charge is 0.378 e. The number of aromatic nitrogens is 2. The van der Waals surface area contributed by atoms with E-state index in [0.717, 1.165) is 28.0 Å². The van der Waals surface area contributed by atoms with E-state index in [1.165, 1.54) is 12.1 Å². The standard InChI is InChI=1S/C19H16FN3/c1-22(2)15-8-5-13(6-9-15)19-18-4-3-11-23(18)17-10-7-14(20)12-16(17)21-19/h3-12H,1-2H3. The molecule has 0 atom stereocenters. The maximum Gasteiger partial charge on any atom is 0.125 e. The van der Waals surface area contributed by atoms with Gasteiger partial charge in [0.05, 0.1) is 22.2 Å². The SMILES string of the molecule is CN(C)c1ccc(-c2nc3cc(F)ccc3n3cccc23)cc1. The van der Waals surface area contributed by atoms with Gasteiger partial charge in [-0.1, -0.05) is 12.1 Å². The zero-order valence-electron chi connectivity index (χ0n) is 13.0. The van der Waals surface area contributed by atoms with Crippen molar-refractivity contribution >= 4 is 22.2 Å². The smallest absolute Gasteiger partial charge is 0.125 e. The first-order valence-electron chi connectivity index (χ1n) is 7.47. The number of hydrogen-bond acceptors (Lipinski definition) is 2. The molecule has 0 N–H and O–H groups in total. The Hall–Kier alpha value is -2.88. The summed E-state index contributed by atoms with van der Waals surface area (Å²) in [5.41, 5.74) is 5.58. The third kappa shape index (κ3) is 2.23. The minimum atomic E-state index is -0.273. The molecule has 0 unspecified atom stereocenters. The average molecular weight is 305 g/mol. The molecule has 4 heteroatoms. The molecule has 0 aliphatic heterocycles. The lowest BCUT2D eigenvalue weighted by molar-refractivity contribution is 0.629. The van der Waals surface area contributed by atoms with Crippen LogP contribution in [0.5, 0.6) is 0 Å². The van der Waals surface area contributed by atoms with Gasteiger partial charge in [0.1, 0.15) is 5.82 Å². The second-order valence-electron chi connectivity index (χ2n) is 5.80. The predicted molar refractivity (Wildman–Crippen MR) is 92.4 cm³/mol. The summed E-state index contributed by atoms with van der Waals surface area (Å²) in [6, 6.07) is 17.0. The highest BCUT2D eigenvalue weighted by molar-refractivity contribution is 5.87. The third-order valence-corrected chi connectivity index (χ3v) is 4.08. The quantitative estimate of drug-likeness (QED) is 0.548. The third-order valence-electron chi connectivity index (χ3n) is 4.08. The number of fused-ring (bicyclic) bond motifs is 3. The summed E-state index contributed by atoms with van der Waals surface area (Å²) >= 11 is 0. The van der Waals surface area contributed by atoms with Crippen LogP contribution in [0.4, 0.5) is 10.1 Å². The monoisotopic (exact) mass is 305 g/mol. The molecule has 0 saturated carbocycles. The van der Waals surface area contributed by atoms with E-state index in [-0.39, 0.29) is 5.82 Å². The van der Waals surface area contributed by atoms with Gasteiger partial charge in [-0.25, -0.2) is 9.37 Å². The molecule has 0 radical (unpaired) electrons. The van der Waals surface area contributed by atoms with Crippen molar-refractivity contribution in [2.24, 2.45) is 0 Å². The zero-order chi connectivity index (χ0) is 16.0. The topological polar surface area (TPSA) is 20.5 Å². The van der Waals surface area contributed by atoms with Crippen molar-refractivity contribution in [2.75, 3.05) is 19.0 Å². The van der Waals surface area contributed by atoms with Crippen LogP contribution in [0.1, 0.15) is 0 Å². The van der Waals surface area contributed by atoms with E-state index in [1.807, 2.05) is 32.4 Å². The van der Waals surface area contributed by atoms with Crippen molar-refractivity contribution in [1.82, 2.24) is 9.38 Å². The molecule has 2 aromatic carbocycles. The Morgan fingerprint density at radius 2 is 1.74 bits per heavy atom. The molecule has 0 bridgehead atoms. The summed E-state index contributed by atoms with van der Waals surface area (Å²) < 4.78 is 15.6. The molecule has 114 valence electrons. The van der Waals surface area contributed by atoms with Crippen molar-refractivity contribution < 1.29 is 4.39 Å². The number of rotatable bonds is 2. The van der Waals surface area contributed by atoms with E-state index in [9.17, 15) is 4.39 Å². The van der Waals surface area contributed by atoms with Crippen molar-refractivity contribution in [2.45, 2.75) is 0 Å². The molecule has 23 heavy (non-hydrogen) atoms. The summed E-state index contributed by atoms with van der Waals surface area (Å²) in [7, 11) is 4.02. The van der Waals surface area contributed by atoms with Gasteiger partial charge in [0, 0.05) is 37.6 Å². The lowest BCUT2D eigenvalue weighted by Crippen LogP contribution is -2.08. The first kappa shape index (κ1) is 13.8. The molecule has 0 fully saturated rings. The van der Waals surface area contributed by atoms with Crippen molar-refractivity contribution in [1.29, 1.82) is 0 Å². The number of nitrogens with zero attached hydrogens (tertiary/aromatic N) is 3. The molecule has 3 nitrogen and oxygen atoms in total. The summed E-state index contributed by atoms with van der Waals surface area (Å²) in [6.07, 6.45) is 1.98. The van der Waals surface area contributed by atoms with Gasteiger partial charge in [0.15, 0.2) is 0 Å². The molecule has 0 aliphatic rings. The second-order valence-corrected chi connectivity index (χ2v) is 5.80. The molecular weight excluding hydrogens is 289 g/mol. The van der Waals surface area contributed by atoms with Crippen LogP contribution in [0.25, 0.3) is 27.8 Å². The summed E-state index contributed by atoms with van der Waals surface area (Å²) in [4.78, 5) is 6.76. The molecule has 0 amide bonds. The van der Waals surface area contributed by atoms with E-state index < -0.39 is 0 Å². The zero-order valence-corrected chi connectivity index (χ0v) is 13.0. The van der Waals surface area contributed by atoms with Gasteiger partial charge < -0.3 is 9.30 Å². The van der Waals surface area contributed by atoms with Gasteiger partial charge in [0.2, 0.25) is 0 Å². The van der Waals surface area contributed by atoms with Gasteiger partial charge in [-0.3, -0.25) is 0 Å². The van der Waals surface area contributed by atoms with Crippen LogP contribution < -0.4 is 4.90 Å². The van der Waals surface area contributed by atoms with E-state index in [4.69, 9.17) is 4.98 Å². The van der Waals surface area contributed by atoms with Gasteiger partial charge in [-0.2, -0.15) is 0 Å². The predicted octanol–water partition coefficient (Wildman–Crippen LogP) is 4.36. The van der Waals surface area contributed by atoms with Gasteiger partial charge in [-0.05, 0) is 36.4 Å². The number of benzene rings is 2. The molecule has 0 aliphatic carbocycles. The second kappa shape index (κ2) is 5.09. The summed E-state index contributed by atoms with van der Waals surface area (Å²) in [5.74, 6) is -0.273. The van der Waals surface area contributed by atoms with E-state index in [2.05, 4.69) is 33.6 Å². The van der Waals surface area contributed by atoms with Crippen LogP contribution in [0.2, 0.25) is 0 Å². The number of anilines is 1. The maximum absolute atomic E-state index is 13.6. The number of hydrogen-bond donors (Lipinski definition) is 0. The molecule has 2 aromatic heterocycles. The molecule has 0 spiro atoms. The Balaban J connectivity index is 1.99. The van der Waals surface area contributed by atoms with Crippen molar-refractivity contribution in [3.8, 4) is 11.3 Å². The summed E-state index contributed by atoms with van der Waals surface area (Å²) in [6.45, 7) is 0. The normalized spacial score (nSPS) is 11.3. The molecular formula is C19H16FN3. The van der Waals surface area contributed by atoms with Crippen molar-refractivity contribution in [3.05, 3.63) is 66.6 Å². The minimum Gasteiger partial charge on any atom is -0.378 e. The highest BCUT2D eigenvalue weighted by Gasteiger charge is 2.11. The maximum atomic E-state index is 13.6. The van der Waals surface area contributed by atoms with E-state index in [0.29, 0.717) is 5.52 Å². The lowest BCUT2D eigenvalue weighted by Gasteiger charge is -2.13. The number of halogens is 1. The van der Waals surface area contributed by atoms with Crippen LogP contribution in [-0.4, -0.2) is 23.5 Å². The Kier molecular flexibility index (Phi) is 3.05. The first-order chi connectivity index (χ1) is 11.1. The fourth-order valence-electron chi connectivity index (χ4n) is 2.88. The lowest BCUT2D eigenvalue weighted by atomic mass is 10.1. The summed E-state index contributed by atoms with van der Waals surface area (Å²) in [5, 5.41) is 0. The first-order valence-corrected chi connectivity index (χ1v) is 7.47. The van der Waals surface area contributed by atoms with Crippen LogP contribution in [0.3, 0.4) is 0 Å². The van der Waals surface area contributed by atoms with Crippen LogP contribution in [0, 0.1) is 5.82 Å². The fourth-order valence-corrected chi connectivity index (χ4v) is 2.88. The molecule has 4 aromatic rings. The fraction of sp³-hybridized carbons (Fsp3) is 0.105. The Labute approximate surface area is 133 Å². The molecule has 2 heterocycles. The van der Waals surface area contributed by atoms with Crippen LogP contribution in [0.15, 0.2) is 60.8 Å². The van der Waals surface area contributed by atoms with Crippen LogP contribution in [-0.2, 0) is 0 Å². The van der Waals surface area contributed by atoms with Gasteiger partial charge >= 0.3 is 0 Å². The highest BCUT2D eigenvalue weighted by atomic mass is 19.1. The van der Waals surface area contributed by atoms with Crippen LogP contribution >= 0.6 is 0 Å². The minimum absolute atomic E-state index is 0.273. The Bertz CT molecular complexity index is 1000. The average Bonchev–Trinajstić information content (AvgIpc) is 3.03. The Morgan fingerprint density at radius 1 is 0.957 bits per heavy atom. The van der Waals surface area contributed by atoms with Gasteiger partial charge in [0.25, 0.3) is 0 Å². The van der Waals surface area contributed by atoms with Crippen molar-refractivity contribution in [3.63, 3.8) is 0 Å². The molecule has 0 saturated heterocycles. The van der Waals surface area contributed by atoms with E-state index in [1.54, 1.807) is 6.07 Å².